The van der Waals surface area contributed by atoms with Crippen molar-refractivity contribution < 1.29 is 13.9 Å². The van der Waals surface area contributed by atoms with Gasteiger partial charge in [-0.25, -0.2) is 9.07 Å². The Morgan fingerprint density at radius 3 is 2.75 bits per heavy atom. The molecule has 0 aliphatic carbocycles. The molecule has 2 aromatic rings. The molecule has 0 bridgehead atoms. The van der Waals surface area contributed by atoms with Gasteiger partial charge in [0.1, 0.15) is 0 Å². The summed E-state index contributed by atoms with van der Waals surface area (Å²) in [5, 5.41) is 7.94. The molecule has 20 heavy (non-hydrogen) atoms. The minimum Gasteiger partial charge on any atom is -0.494 e. The molecule has 0 saturated carbocycles. The van der Waals surface area contributed by atoms with Crippen molar-refractivity contribution in [1.82, 2.24) is 15.0 Å². The second kappa shape index (κ2) is 5.81. The first-order valence-electron chi connectivity index (χ1n) is 6.44. The molecule has 0 radical (unpaired) electrons. The zero-order valence-corrected chi connectivity index (χ0v) is 11.7. The molecular weight excluding hydrogens is 261 g/mol. The molecular formula is C14H16FN3O2. The molecule has 1 aromatic carbocycles. The number of carbonyl (C=O) groups excluding carboxylic acids is 1. The summed E-state index contributed by atoms with van der Waals surface area (Å²) in [6.45, 7) is 3.70. The van der Waals surface area contributed by atoms with Crippen LogP contribution in [0.3, 0.4) is 0 Å². The van der Waals surface area contributed by atoms with Gasteiger partial charge in [-0.05, 0) is 18.6 Å². The minimum atomic E-state index is -0.445. The van der Waals surface area contributed by atoms with E-state index in [1.54, 1.807) is 17.7 Å². The Hall–Kier alpha value is -2.24. The second-order valence-electron chi connectivity index (χ2n) is 4.25. The molecule has 0 amide bonds. The van der Waals surface area contributed by atoms with Crippen molar-refractivity contribution in [3.63, 3.8) is 0 Å². The molecule has 0 N–H and O–H groups in total. The Morgan fingerprint density at radius 2 is 2.15 bits per heavy atom. The van der Waals surface area contributed by atoms with E-state index in [-0.39, 0.29) is 11.5 Å². The van der Waals surface area contributed by atoms with E-state index in [4.69, 9.17) is 4.74 Å². The van der Waals surface area contributed by atoms with Crippen molar-refractivity contribution in [2.45, 2.75) is 26.7 Å². The van der Waals surface area contributed by atoms with E-state index in [0.717, 1.165) is 0 Å². The highest BCUT2D eigenvalue weighted by molar-refractivity contribution is 5.95. The third-order valence-electron chi connectivity index (χ3n) is 3.06. The minimum absolute atomic E-state index is 0.0535. The molecule has 0 aliphatic heterocycles. The second-order valence-corrected chi connectivity index (χ2v) is 4.25. The Morgan fingerprint density at radius 1 is 1.40 bits per heavy atom. The van der Waals surface area contributed by atoms with Gasteiger partial charge in [0.15, 0.2) is 23.0 Å². The molecule has 2 rings (SSSR count). The topological polar surface area (TPSA) is 57.0 Å². The highest BCUT2D eigenvalue weighted by Gasteiger charge is 2.18. The van der Waals surface area contributed by atoms with Crippen LogP contribution in [0.4, 0.5) is 4.39 Å². The Balaban J connectivity index is 2.53. The lowest BCUT2D eigenvalue weighted by molar-refractivity contribution is 0.0982. The third-order valence-corrected chi connectivity index (χ3v) is 3.06. The monoisotopic (exact) mass is 277 g/mol. The Labute approximate surface area is 116 Å². The van der Waals surface area contributed by atoms with Crippen LogP contribution >= 0.6 is 0 Å². The summed E-state index contributed by atoms with van der Waals surface area (Å²) in [7, 11) is 1.40. The van der Waals surface area contributed by atoms with E-state index < -0.39 is 5.82 Å². The van der Waals surface area contributed by atoms with Crippen LogP contribution in [0, 0.1) is 5.82 Å². The molecule has 0 unspecified atom stereocenters. The molecule has 106 valence electrons. The number of carbonyl (C=O) groups is 1. The van der Waals surface area contributed by atoms with E-state index in [9.17, 15) is 9.18 Å². The quantitative estimate of drug-likeness (QED) is 0.788. The maximum Gasteiger partial charge on any atom is 0.184 e. The summed E-state index contributed by atoms with van der Waals surface area (Å²) in [6, 6.07) is 4.41. The van der Waals surface area contributed by atoms with Gasteiger partial charge < -0.3 is 4.74 Å². The number of ether oxygens (including phenoxy) is 1. The van der Waals surface area contributed by atoms with Gasteiger partial charge in [0, 0.05) is 12.5 Å². The van der Waals surface area contributed by atoms with E-state index in [0.29, 0.717) is 29.9 Å². The van der Waals surface area contributed by atoms with Gasteiger partial charge in [0.25, 0.3) is 0 Å². The maximum absolute atomic E-state index is 13.4. The van der Waals surface area contributed by atoms with Crippen LogP contribution in [0.15, 0.2) is 18.2 Å². The van der Waals surface area contributed by atoms with E-state index in [1.165, 1.54) is 19.2 Å². The number of ketones is 1. The number of nitrogens with zero attached hydrogens (tertiary/aromatic N) is 3. The number of rotatable bonds is 5. The van der Waals surface area contributed by atoms with Crippen LogP contribution in [0.1, 0.15) is 36.5 Å². The molecule has 6 heteroatoms. The maximum atomic E-state index is 13.4. The lowest BCUT2D eigenvalue weighted by atomic mass is 10.1. The Kier molecular flexibility index (Phi) is 4.12. The average Bonchev–Trinajstić information content (AvgIpc) is 2.90. The number of methoxy groups -OCH3 is 1. The lowest BCUT2D eigenvalue weighted by Gasteiger charge is -2.08. The molecule has 5 nitrogen and oxygen atoms in total. The zero-order chi connectivity index (χ0) is 14.7. The van der Waals surface area contributed by atoms with Gasteiger partial charge >= 0.3 is 0 Å². The van der Waals surface area contributed by atoms with Crippen LogP contribution in [0.5, 0.6) is 5.75 Å². The van der Waals surface area contributed by atoms with Crippen molar-refractivity contribution in [3.05, 3.63) is 35.4 Å². The van der Waals surface area contributed by atoms with Crippen molar-refractivity contribution in [3.8, 4) is 11.4 Å². The molecule has 0 saturated heterocycles. The molecule has 0 fully saturated rings. The predicted molar refractivity (Wildman–Crippen MR) is 71.9 cm³/mol. The molecule has 0 spiro atoms. The molecule has 0 atom stereocenters. The highest BCUT2D eigenvalue weighted by atomic mass is 19.1. The van der Waals surface area contributed by atoms with Gasteiger partial charge in [-0.15, -0.1) is 5.10 Å². The fraction of sp³-hybridized carbons (Fsp3) is 0.357. The number of Topliss-reactive ketones (excluding diaryl/α,β-unsaturated/α-hetero) is 1. The van der Waals surface area contributed by atoms with Crippen molar-refractivity contribution in [1.29, 1.82) is 0 Å². The number of hydrogen-bond donors (Lipinski definition) is 0. The summed E-state index contributed by atoms with van der Waals surface area (Å²) in [5.74, 6) is -0.370. The third kappa shape index (κ3) is 2.41. The first kappa shape index (κ1) is 14.2. The standard InChI is InChI=1S/C14H16FN3O2/c1-4-11-14(12(19)5-2)16-17-18(11)9-6-7-10(15)13(8-9)20-3/h6-8H,4-5H2,1-3H3. The first-order chi connectivity index (χ1) is 9.62. The number of halogens is 1. The van der Waals surface area contributed by atoms with Gasteiger partial charge in [0.05, 0.1) is 18.5 Å². The first-order valence-corrected chi connectivity index (χ1v) is 6.44. The lowest BCUT2D eigenvalue weighted by Crippen LogP contribution is -2.06. The van der Waals surface area contributed by atoms with Crippen LogP contribution < -0.4 is 4.74 Å². The Bertz CT molecular complexity index is 637. The van der Waals surface area contributed by atoms with Gasteiger partial charge in [-0.2, -0.15) is 0 Å². The highest BCUT2D eigenvalue weighted by Crippen LogP contribution is 2.22. The number of aromatic nitrogens is 3. The SMILES string of the molecule is CCC(=O)c1nnn(-c2ccc(F)c(OC)c2)c1CC. The van der Waals surface area contributed by atoms with Crippen molar-refractivity contribution in [2.75, 3.05) is 7.11 Å². The molecule has 0 aliphatic rings. The summed E-state index contributed by atoms with van der Waals surface area (Å²) >= 11 is 0. The molecule has 1 heterocycles. The smallest absolute Gasteiger partial charge is 0.184 e. The number of hydrogen-bond acceptors (Lipinski definition) is 4. The predicted octanol–water partition coefficient (Wildman–Crippen LogP) is 2.57. The van der Waals surface area contributed by atoms with Crippen molar-refractivity contribution >= 4 is 5.78 Å². The fourth-order valence-corrected chi connectivity index (χ4v) is 1.99. The normalized spacial score (nSPS) is 10.6. The number of benzene rings is 1. The average molecular weight is 277 g/mol. The summed E-state index contributed by atoms with van der Waals surface area (Å²) in [5.41, 5.74) is 1.70. The van der Waals surface area contributed by atoms with Gasteiger partial charge in [-0.1, -0.05) is 19.1 Å². The van der Waals surface area contributed by atoms with Gasteiger partial charge in [-0.3, -0.25) is 4.79 Å². The fourth-order valence-electron chi connectivity index (χ4n) is 1.99. The summed E-state index contributed by atoms with van der Waals surface area (Å²) in [4.78, 5) is 11.8. The summed E-state index contributed by atoms with van der Waals surface area (Å²) < 4.78 is 19.9. The zero-order valence-electron chi connectivity index (χ0n) is 11.7. The largest absolute Gasteiger partial charge is 0.494 e. The van der Waals surface area contributed by atoms with Crippen LogP contribution in [-0.2, 0) is 6.42 Å². The van der Waals surface area contributed by atoms with Crippen LogP contribution in [-0.4, -0.2) is 27.9 Å². The summed E-state index contributed by atoms with van der Waals surface area (Å²) in [6.07, 6.45) is 0.978. The van der Waals surface area contributed by atoms with E-state index in [1.807, 2.05) is 6.92 Å². The van der Waals surface area contributed by atoms with Crippen molar-refractivity contribution in [2.24, 2.45) is 0 Å². The van der Waals surface area contributed by atoms with E-state index >= 15 is 0 Å². The molecule has 1 aromatic heterocycles. The van der Waals surface area contributed by atoms with E-state index in [2.05, 4.69) is 10.3 Å². The van der Waals surface area contributed by atoms with Gasteiger partial charge in [0.2, 0.25) is 0 Å². The van der Waals surface area contributed by atoms with Crippen LogP contribution in [0.2, 0.25) is 0 Å². The van der Waals surface area contributed by atoms with Crippen LogP contribution in [0.25, 0.3) is 5.69 Å².